The van der Waals surface area contributed by atoms with Gasteiger partial charge < -0.3 is 28.4 Å². The minimum atomic E-state index is -0.536. The van der Waals surface area contributed by atoms with E-state index in [4.69, 9.17) is 28.4 Å². The Morgan fingerprint density at radius 1 is 0.925 bits per heavy atom. The van der Waals surface area contributed by atoms with Crippen LogP contribution in [-0.4, -0.2) is 51.3 Å². The summed E-state index contributed by atoms with van der Waals surface area (Å²) < 4.78 is 34.6. The van der Waals surface area contributed by atoms with E-state index in [-0.39, 0.29) is 17.8 Å². The Hall–Kier alpha value is -4.01. The molecule has 0 amide bonds. The summed E-state index contributed by atoms with van der Waals surface area (Å²) in [7, 11) is 3.04. The van der Waals surface area contributed by atoms with Gasteiger partial charge in [0.05, 0.1) is 26.7 Å². The van der Waals surface area contributed by atoms with Gasteiger partial charge in [0.15, 0.2) is 11.5 Å². The Morgan fingerprint density at radius 3 is 2.52 bits per heavy atom. The number of Topliss-reactive ketones (excluding diaryl/α,β-unsaturated/α-hetero) is 1. The van der Waals surface area contributed by atoms with Crippen molar-refractivity contribution in [2.45, 2.75) is 63.9 Å². The van der Waals surface area contributed by atoms with Gasteiger partial charge in [-0.2, -0.15) is 0 Å². The number of cyclic esters (lactones) is 1. The topological polar surface area (TPSA) is 107 Å². The molecule has 0 radical (unpaired) electrons. The van der Waals surface area contributed by atoms with E-state index < -0.39 is 24.0 Å². The molecule has 5 rings (SSSR count). The molecule has 2 aromatic carbocycles. The summed E-state index contributed by atoms with van der Waals surface area (Å²) in [6.45, 7) is 2.62. The molecule has 40 heavy (non-hydrogen) atoms. The number of ether oxygens (including phenoxy) is 6. The van der Waals surface area contributed by atoms with Gasteiger partial charge in [0, 0.05) is 24.3 Å². The van der Waals surface area contributed by atoms with Gasteiger partial charge in [-0.25, -0.2) is 4.79 Å². The van der Waals surface area contributed by atoms with E-state index in [9.17, 15) is 14.4 Å². The number of hydrogen-bond donors (Lipinski definition) is 0. The number of benzene rings is 2. The zero-order valence-corrected chi connectivity index (χ0v) is 23.1. The number of fused-ring (bicyclic) bond motifs is 3. The number of allylic oxidation sites excluding steroid dienone is 1. The third kappa shape index (κ3) is 5.64. The van der Waals surface area contributed by atoms with Crippen LogP contribution >= 0.6 is 0 Å². The maximum absolute atomic E-state index is 13.6. The van der Waals surface area contributed by atoms with Gasteiger partial charge in [-0.1, -0.05) is 12.2 Å². The summed E-state index contributed by atoms with van der Waals surface area (Å²) in [4.78, 5) is 38.6. The SMILES string of the molecule is COc1cc(C2CC(=O)Oc3cc4c(c(OC)c32)C(=O)OC(C)CCCC(=O)CCCC=C4)cc2c1OCCO2. The quantitative estimate of drug-likeness (QED) is 0.367. The number of carbonyl (C=O) groups excluding carboxylic acids is 3. The molecule has 3 aliphatic heterocycles. The standard InChI is InChI=1S/C31H34O9/c1-18-8-7-11-21(32)10-6-4-5-9-19-14-23-28(30(36-3)27(19)31(34)39-18)22(17-26(33)40-23)20-15-24(35-2)29-25(16-20)37-12-13-38-29/h5,9,14-16,18,22H,4,6-8,10-13,17H2,1-3H3. The van der Waals surface area contributed by atoms with Crippen molar-refractivity contribution >= 4 is 23.8 Å². The van der Waals surface area contributed by atoms with Gasteiger partial charge in [0.2, 0.25) is 5.75 Å². The Kier molecular flexibility index (Phi) is 8.28. The smallest absolute Gasteiger partial charge is 0.342 e. The summed E-state index contributed by atoms with van der Waals surface area (Å²) in [5, 5.41) is 0. The van der Waals surface area contributed by atoms with Crippen molar-refractivity contribution in [1.29, 1.82) is 0 Å². The zero-order valence-electron chi connectivity index (χ0n) is 23.1. The molecule has 0 bridgehead atoms. The normalized spacial score (nSPS) is 21.3. The molecule has 0 N–H and O–H groups in total. The van der Waals surface area contributed by atoms with Crippen LogP contribution in [0.2, 0.25) is 0 Å². The minimum Gasteiger partial charge on any atom is -0.495 e. The van der Waals surface area contributed by atoms with Crippen molar-refractivity contribution in [3.05, 3.63) is 46.5 Å². The van der Waals surface area contributed by atoms with E-state index in [2.05, 4.69) is 0 Å². The summed E-state index contributed by atoms with van der Waals surface area (Å²) in [6.07, 6.45) is 6.94. The lowest BCUT2D eigenvalue weighted by atomic mass is 9.83. The van der Waals surface area contributed by atoms with E-state index in [1.807, 2.05) is 25.1 Å². The van der Waals surface area contributed by atoms with Gasteiger partial charge in [-0.15, -0.1) is 0 Å². The molecule has 0 saturated heterocycles. The van der Waals surface area contributed by atoms with Crippen molar-refractivity contribution in [2.24, 2.45) is 0 Å². The molecule has 0 aromatic heterocycles. The predicted molar refractivity (Wildman–Crippen MR) is 146 cm³/mol. The fourth-order valence-electron chi connectivity index (χ4n) is 5.49. The maximum atomic E-state index is 13.6. The summed E-state index contributed by atoms with van der Waals surface area (Å²) in [5.74, 6) is 0.890. The van der Waals surface area contributed by atoms with Gasteiger partial charge in [0.1, 0.15) is 36.1 Å². The summed E-state index contributed by atoms with van der Waals surface area (Å²) in [5.41, 5.74) is 2.10. The van der Waals surface area contributed by atoms with Crippen LogP contribution in [0.3, 0.4) is 0 Å². The third-order valence-corrected chi connectivity index (χ3v) is 7.41. The van der Waals surface area contributed by atoms with Gasteiger partial charge in [0.25, 0.3) is 0 Å². The van der Waals surface area contributed by atoms with Crippen molar-refractivity contribution in [2.75, 3.05) is 27.4 Å². The van der Waals surface area contributed by atoms with Crippen LogP contribution < -0.4 is 23.7 Å². The molecule has 2 unspecified atom stereocenters. The third-order valence-electron chi connectivity index (χ3n) is 7.41. The minimum absolute atomic E-state index is 0.0280. The fourth-order valence-corrected chi connectivity index (χ4v) is 5.49. The average Bonchev–Trinajstić information content (AvgIpc) is 2.94. The highest BCUT2D eigenvalue weighted by atomic mass is 16.6. The van der Waals surface area contributed by atoms with Crippen LogP contribution in [0.5, 0.6) is 28.7 Å². The first kappa shape index (κ1) is 27.6. The van der Waals surface area contributed by atoms with E-state index in [1.54, 1.807) is 19.3 Å². The molecule has 2 aromatic rings. The molecule has 3 aliphatic rings. The second-order valence-electron chi connectivity index (χ2n) is 10.2. The monoisotopic (exact) mass is 550 g/mol. The lowest BCUT2D eigenvalue weighted by molar-refractivity contribution is -0.135. The molecular weight excluding hydrogens is 516 g/mol. The largest absolute Gasteiger partial charge is 0.495 e. The Morgan fingerprint density at radius 2 is 1.73 bits per heavy atom. The second kappa shape index (κ2) is 12.0. The van der Waals surface area contributed by atoms with E-state index in [0.29, 0.717) is 85.2 Å². The van der Waals surface area contributed by atoms with Crippen molar-refractivity contribution < 1.29 is 42.8 Å². The average molecular weight is 551 g/mol. The van der Waals surface area contributed by atoms with E-state index in [1.165, 1.54) is 7.11 Å². The number of hydrogen-bond acceptors (Lipinski definition) is 9. The maximum Gasteiger partial charge on any atom is 0.342 e. The first-order valence-electron chi connectivity index (χ1n) is 13.7. The highest BCUT2D eigenvalue weighted by Crippen LogP contribution is 2.50. The first-order valence-corrected chi connectivity index (χ1v) is 13.7. The van der Waals surface area contributed by atoms with Crippen LogP contribution in [-0.2, 0) is 14.3 Å². The van der Waals surface area contributed by atoms with Gasteiger partial charge >= 0.3 is 11.9 Å². The first-order chi connectivity index (χ1) is 19.4. The zero-order chi connectivity index (χ0) is 28.2. The van der Waals surface area contributed by atoms with Crippen molar-refractivity contribution in [1.82, 2.24) is 0 Å². The highest BCUT2D eigenvalue weighted by molar-refractivity contribution is 5.99. The molecule has 0 spiro atoms. The fraction of sp³-hybridized carbons (Fsp3) is 0.452. The van der Waals surface area contributed by atoms with E-state index in [0.717, 1.165) is 12.0 Å². The van der Waals surface area contributed by atoms with E-state index >= 15 is 0 Å². The van der Waals surface area contributed by atoms with Gasteiger partial charge in [-0.05, 0) is 61.9 Å². The molecule has 2 atom stereocenters. The lowest BCUT2D eigenvalue weighted by Crippen LogP contribution is -2.24. The van der Waals surface area contributed by atoms with Crippen LogP contribution in [0.25, 0.3) is 6.08 Å². The Labute approximate surface area is 233 Å². The number of esters is 2. The van der Waals surface area contributed by atoms with Crippen molar-refractivity contribution in [3.8, 4) is 28.7 Å². The highest BCUT2D eigenvalue weighted by Gasteiger charge is 2.37. The number of carbonyl (C=O) groups is 3. The Balaban J connectivity index is 1.65. The number of rotatable bonds is 3. The molecule has 0 saturated carbocycles. The van der Waals surface area contributed by atoms with Crippen LogP contribution in [0.15, 0.2) is 24.3 Å². The Bertz CT molecular complexity index is 1330. The van der Waals surface area contributed by atoms with Gasteiger partial charge in [-0.3, -0.25) is 9.59 Å². The van der Waals surface area contributed by atoms with Crippen LogP contribution in [0, 0.1) is 0 Å². The van der Waals surface area contributed by atoms with Crippen LogP contribution in [0.1, 0.15) is 84.8 Å². The summed E-state index contributed by atoms with van der Waals surface area (Å²) >= 11 is 0. The van der Waals surface area contributed by atoms with Crippen LogP contribution in [0.4, 0.5) is 0 Å². The molecular formula is C31H34O9. The van der Waals surface area contributed by atoms with Crippen molar-refractivity contribution in [3.63, 3.8) is 0 Å². The molecule has 212 valence electrons. The number of ketones is 1. The molecule has 3 heterocycles. The lowest BCUT2D eigenvalue weighted by Gasteiger charge is -2.30. The predicted octanol–water partition coefficient (Wildman–Crippen LogP) is 5.40. The second-order valence-corrected chi connectivity index (χ2v) is 10.2. The summed E-state index contributed by atoms with van der Waals surface area (Å²) in [6, 6.07) is 5.33. The number of methoxy groups -OCH3 is 2. The molecule has 9 nitrogen and oxygen atoms in total. The molecule has 0 aliphatic carbocycles. The molecule has 9 heteroatoms. The molecule has 0 fully saturated rings.